The second-order valence-corrected chi connectivity index (χ2v) is 2.16. The summed E-state index contributed by atoms with van der Waals surface area (Å²) in [5.41, 5.74) is 0. The van der Waals surface area contributed by atoms with Gasteiger partial charge < -0.3 is 10.5 Å². The van der Waals surface area contributed by atoms with Gasteiger partial charge in [-0.2, -0.15) is 4.13 Å². The first-order chi connectivity index (χ1) is 3.13. The second-order valence-electron chi connectivity index (χ2n) is 0.553. The first-order valence-corrected chi connectivity index (χ1v) is 3.22. The zero-order valence-electron chi connectivity index (χ0n) is 4.95. The van der Waals surface area contributed by atoms with Crippen LogP contribution in [0.4, 0.5) is 0 Å². The Hall–Kier alpha value is 0.777. The fourth-order valence-electron chi connectivity index (χ4n) is 0.0556. The van der Waals surface area contributed by atoms with E-state index >= 15 is 0 Å². The third kappa shape index (κ3) is 9.91. The normalized spacial score (nSPS) is 16.2. The molecule has 0 aliphatic carbocycles. The fourth-order valence-corrected chi connectivity index (χ4v) is 0.500. The van der Waals surface area contributed by atoms with Crippen molar-refractivity contribution in [3.05, 3.63) is 0 Å². The maximum atomic E-state index is 9.31. The number of hydrogen-bond acceptors (Lipinski definition) is 4. The van der Waals surface area contributed by atoms with Crippen molar-refractivity contribution in [2.45, 2.75) is 0 Å². The monoisotopic (exact) mass is 151 g/mol. The summed E-state index contributed by atoms with van der Waals surface area (Å²) in [5.74, 6) is 0. The molecule has 0 spiro atoms. The summed E-state index contributed by atoms with van der Waals surface area (Å²) in [6.07, 6.45) is 0. The van der Waals surface area contributed by atoms with Gasteiger partial charge in [0.15, 0.2) is 0 Å². The molecular formula is H2LiNO4S2-2. The largest absolute Gasteiger partial charge is 1.00 e. The SMILES string of the molecule is O=S([O-])NS(=O)[O-].[H-].[Li+]. The predicted molar refractivity (Wildman–Crippen MR) is 22.1 cm³/mol. The molecule has 2 unspecified atom stereocenters. The van der Waals surface area contributed by atoms with Gasteiger partial charge in [0, 0.05) is 22.5 Å². The summed E-state index contributed by atoms with van der Waals surface area (Å²) < 4.78 is 38.4. The van der Waals surface area contributed by atoms with Gasteiger partial charge in [-0.25, -0.2) is 0 Å². The molecule has 8 heteroatoms. The van der Waals surface area contributed by atoms with E-state index in [4.69, 9.17) is 0 Å². The molecule has 0 aliphatic rings. The average molecular weight is 151 g/mol. The van der Waals surface area contributed by atoms with E-state index in [1.165, 1.54) is 0 Å². The Balaban J connectivity index is -0.000000180. The molecule has 0 saturated heterocycles. The van der Waals surface area contributed by atoms with E-state index in [0.717, 1.165) is 4.13 Å². The molecule has 0 amide bonds. The van der Waals surface area contributed by atoms with E-state index in [9.17, 15) is 17.5 Å². The number of rotatable bonds is 2. The standard InChI is InChI=1S/Li.H3NO4S2.H/c;2-6(3)1-7(4)5;/h;1H,(H,2,3)(H,4,5);/q+1;;-1/p-2. The molecule has 8 heavy (non-hydrogen) atoms. The third-order valence-corrected chi connectivity index (χ3v) is 1.22. The number of hydrogen-bond donors (Lipinski definition) is 1. The molecule has 0 radical (unpaired) electrons. The van der Waals surface area contributed by atoms with Crippen LogP contribution in [0.25, 0.3) is 0 Å². The molecule has 0 heterocycles. The fraction of sp³-hybridized carbons (Fsp3) is 0. The Kier molecular flexibility index (Phi) is 8.53. The van der Waals surface area contributed by atoms with Gasteiger partial charge in [0.1, 0.15) is 0 Å². The molecule has 0 aliphatic heterocycles. The molecule has 5 nitrogen and oxygen atoms in total. The Bertz CT molecular complexity index is 94.7. The van der Waals surface area contributed by atoms with Crippen LogP contribution in [-0.4, -0.2) is 17.5 Å². The van der Waals surface area contributed by atoms with Crippen molar-refractivity contribution in [3.8, 4) is 0 Å². The topological polar surface area (TPSA) is 92.3 Å². The molecule has 0 bridgehead atoms. The van der Waals surface area contributed by atoms with E-state index in [2.05, 4.69) is 0 Å². The minimum absolute atomic E-state index is 0. The molecule has 0 fully saturated rings. The van der Waals surface area contributed by atoms with E-state index in [-0.39, 0.29) is 20.3 Å². The van der Waals surface area contributed by atoms with Gasteiger partial charge in [-0.15, -0.1) is 0 Å². The van der Waals surface area contributed by atoms with Crippen LogP contribution in [0.2, 0.25) is 0 Å². The van der Waals surface area contributed by atoms with E-state index in [1.807, 2.05) is 0 Å². The van der Waals surface area contributed by atoms with Crippen molar-refractivity contribution >= 4 is 22.5 Å². The van der Waals surface area contributed by atoms with E-state index in [0.29, 0.717) is 0 Å². The zero-order chi connectivity index (χ0) is 5.86. The van der Waals surface area contributed by atoms with Crippen molar-refractivity contribution < 1.29 is 37.8 Å². The molecule has 2 atom stereocenters. The minimum Gasteiger partial charge on any atom is -1.00 e. The molecule has 46 valence electrons. The van der Waals surface area contributed by atoms with Crippen LogP contribution in [0.1, 0.15) is 1.43 Å². The van der Waals surface area contributed by atoms with Gasteiger partial charge in [0.2, 0.25) is 0 Å². The van der Waals surface area contributed by atoms with Crippen molar-refractivity contribution in [1.82, 2.24) is 4.13 Å². The predicted octanol–water partition coefficient (Wildman–Crippen LogP) is -4.72. The maximum absolute atomic E-state index is 9.31. The van der Waals surface area contributed by atoms with Crippen LogP contribution >= 0.6 is 0 Å². The van der Waals surface area contributed by atoms with Gasteiger partial charge in [-0.05, 0) is 0 Å². The van der Waals surface area contributed by atoms with Gasteiger partial charge >= 0.3 is 18.9 Å². The molecular weight excluding hydrogens is 149 g/mol. The second kappa shape index (κ2) is 5.91. The molecule has 0 rings (SSSR count). The van der Waals surface area contributed by atoms with Crippen LogP contribution in [0.15, 0.2) is 0 Å². The quantitative estimate of drug-likeness (QED) is 0.317. The molecule has 0 aromatic rings. The average Bonchev–Trinajstić information content (AvgIpc) is 1.27. The van der Waals surface area contributed by atoms with Crippen molar-refractivity contribution in [2.75, 3.05) is 0 Å². The molecule has 1 N–H and O–H groups in total. The summed E-state index contributed by atoms with van der Waals surface area (Å²) in [4.78, 5) is 0. The van der Waals surface area contributed by atoms with Crippen LogP contribution < -0.4 is 23.0 Å². The van der Waals surface area contributed by atoms with Gasteiger partial charge in [0.05, 0.1) is 0 Å². The van der Waals surface area contributed by atoms with Gasteiger partial charge in [-0.1, -0.05) is 0 Å². The molecule has 0 aromatic heterocycles. The Morgan fingerprint density at radius 3 is 1.50 bits per heavy atom. The van der Waals surface area contributed by atoms with Crippen molar-refractivity contribution in [3.63, 3.8) is 0 Å². The van der Waals surface area contributed by atoms with Crippen molar-refractivity contribution in [2.24, 2.45) is 0 Å². The van der Waals surface area contributed by atoms with Gasteiger partial charge in [-0.3, -0.25) is 8.42 Å². The summed E-state index contributed by atoms with van der Waals surface area (Å²) in [6, 6.07) is 0. The first kappa shape index (κ1) is 11.6. The summed E-state index contributed by atoms with van der Waals surface area (Å²) in [5, 5.41) is 0. The third-order valence-electron chi connectivity index (χ3n) is 0.136. The summed E-state index contributed by atoms with van der Waals surface area (Å²) in [6.45, 7) is 0. The summed E-state index contributed by atoms with van der Waals surface area (Å²) in [7, 11) is 0. The van der Waals surface area contributed by atoms with Crippen LogP contribution in [0.3, 0.4) is 0 Å². The minimum atomic E-state index is -2.71. The van der Waals surface area contributed by atoms with Crippen molar-refractivity contribution in [1.29, 1.82) is 0 Å². The van der Waals surface area contributed by atoms with Crippen LogP contribution in [0, 0.1) is 0 Å². The van der Waals surface area contributed by atoms with Crippen LogP contribution in [0.5, 0.6) is 0 Å². The maximum Gasteiger partial charge on any atom is 1.00 e. The molecule has 0 aromatic carbocycles. The Morgan fingerprint density at radius 1 is 1.25 bits per heavy atom. The van der Waals surface area contributed by atoms with Gasteiger partial charge in [0.25, 0.3) is 0 Å². The van der Waals surface area contributed by atoms with E-state index in [1.54, 1.807) is 0 Å². The Morgan fingerprint density at radius 2 is 1.50 bits per heavy atom. The van der Waals surface area contributed by atoms with Crippen LogP contribution in [-0.2, 0) is 22.5 Å². The summed E-state index contributed by atoms with van der Waals surface area (Å²) >= 11 is -5.42. The molecule has 0 saturated carbocycles. The zero-order valence-corrected chi connectivity index (χ0v) is 5.58. The Labute approximate surface area is 64.7 Å². The smallest absolute Gasteiger partial charge is 1.00 e. The van der Waals surface area contributed by atoms with E-state index < -0.39 is 22.5 Å². The number of nitrogens with one attached hydrogen (secondary N) is 1. The first-order valence-electron chi connectivity index (χ1n) is 1.07.